The minimum atomic E-state index is -0.630. The number of piperazine rings is 1. The molecule has 2 heterocycles. The summed E-state index contributed by atoms with van der Waals surface area (Å²) in [4.78, 5) is 22.9. The number of Topliss-reactive ketones (excluding diaryl/α,β-unsaturated/α-hetero) is 1. The van der Waals surface area contributed by atoms with Gasteiger partial charge in [-0.1, -0.05) is 19.4 Å². The second kappa shape index (κ2) is 9.34. The number of ketones is 1. The smallest absolute Gasteiger partial charge is 0.169 e. The van der Waals surface area contributed by atoms with Crippen LogP contribution in [0, 0.1) is 18.7 Å². The summed E-state index contributed by atoms with van der Waals surface area (Å²) in [6.07, 6.45) is 5.91. The molecule has 1 saturated heterocycles. The summed E-state index contributed by atoms with van der Waals surface area (Å²) in [5.41, 5.74) is 4.55. The number of anilines is 1. The van der Waals surface area contributed by atoms with E-state index in [1.54, 1.807) is 19.2 Å². The van der Waals surface area contributed by atoms with Crippen LogP contribution in [0.15, 0.2) is 36.5 Å². The molecule has 0 amide bonds. The van der Waals surface area contributed by atoms with Crippen molar-refractivity contribution in [3.63, 3.8) is 0 Å². The zero-order chi connectivity index (χ0) is 23.8. The lowest BCUT2D eigenvalue weighted by molar-refractivity contribution is 0.0855. The molecule has 34 heavy (non-hydrogen) atoms. The molecule has 2 aliphatic rings. The van der Waals surface area contributed by atoms with Crippen LogP contribution in [0.1, 0.15) is 48.5 Å². The van der Waals surface area contributed by atoms with Crippen molar-refractivity contribution in [2.75, 3.05) is 37.6 Å². The van der Waals surface area contributed by atoms with E-state index in [9.17, 15) is 14.3 Å². The molecule has 1 N–H and O–H groups in total. The van der Waals surface area contributed by atoms with E-state index in [2.05, 4.69) is 21.7 Å². The highest BCUT2D eigenvalue weighted by molar-refractivity contribution is 6.10. The number of carbonyl (C=O) groups is 1. The summed E-state index contributed by atoms with van der Waals surface area (Å²) in [6, 6.07) is 9.05. The van der Waals surface area contributed by atoms with Crippen molar-refractivity contribution in [2.24, 2.45) is 5.92 Å². The monoisotopic (exact) mass is 461 g/mol. The van der Waals surface area contributed by atoms with Crippen LogP contribution in [0.2, 0.25) is 0 Å². The second-order valence-corrected chi connectivity index (χ2v) is 9.70. The number of benzene rings is 2. The fourth-order valence-corrected chi connectivity index (χ4v) is 5.18. The molecule has 1 aromatic heterocycles. The third kappa shape index (κ3) is 4.16. The molecule has 178 valence electrons. The van der Waals surface area contributed by atoms with Crippen molar-refractivity contribution in [2.45, 2.75) is 39.5 Å². The van der Waals surface area contributed by atoms with Crippen molar-refractivity contribution in [1.29, 1.82) is 0 Å². The molecule has 1 aliphatic carbocycles. The summed E-state index contributed by atoms with van der Waals surface area (Å²) in [5.74, 6) is -0.653. The molecule has 0 radical (unpaired) electrons. The molecular weight excluding hydrogens is 429 g/mol. The zero-order valence-electron chi connectivity index (χ0n) is 20.0. The Balaban J connectivity index is 1.62. The van der Waals surface area contributed by atoms with E-state index in [0.29, 0.717) is 16.7 Å². The predicted molar refractivity (Wildman–Crippen MR) is 134 cm³/mol. The first-order valence-corrected chi connectivity index (χ1v) is 12.4. The summed E-state index contributed by atoms with van der Waals surface area (Å²) in [6.45, 7) is 8.65. The van der Waals surface area contributed by atoms with Crippen LogP contribution in [0.3, 0.4) is 0 Å². The van der Waals surface area contributed by atoms with Crippen LogP contribution in [0.25, 0.3) is 22.0 Å². The van der Waals surface area contributed by atoms with Gasteiger partial charge in [0.15, 0.2) is 17.3 Å². The molecule has 1 saturated carbocycles. The molecule has 3 aromatic rings. The molecule has 0 spiro atoms. The Morgan fingerprint density at radius 1 is 1.12 bits per heavy atom. The predicted octanol–water partition coefficient (Wildman–Crippen LogP) is 5.57. The normalized spacial score (nSPS) is 17.2. The minimum Gasteiger partial charge on any atom is -0.505 e. The van der Waals surface area contributed by atoms with Crippen molar-refractivity contribution in [3.8, 4) is 16.9 Å². The molecule has 0 unspecified atom stereocenters. The van der Waals surface area contributed by atoms with Gasteiger partial charge in [-0.05, 0) is 73.7 Å². The average Bonchev–Trinajstić information content (AvgIpc) is 2.80. The number of phenolic OH excluding ortho intramolecular Hbond substituents is 1. The van der Waals surface area contributed by atoms with Crippen LogP contribution in [-0.2, 0) is 0 Å². The van der Waals surface area contributed by atoms with Crippen molar-refractivity contribution in [1.82, 2.24) is 9.88 Å². The fraction of sp³-hybridized carbons (Fsp3) is 0.429. The van der Waals surface area contributed by atoms with Gasteiger partial charge < -0.3 is 10.0 Å². The van der Waals surface area contributed by atoms with Crippen LogP contribution < -0.4 is 4.90 Å². The van der Waals surface area contributed by atoms with Gasteiger partial charge in [-0.15, -0.1) is 0 Å². The van der Waals surface area contributed by atoms with Gasteiger partial charge in [0.1, 0.15) is 0 Å². The molecule has 5 rings (SSSR count). The second-order valence-electron chi connectivity index (χ2n) is 9.70. The average molecular weight is 462 g/mol. The first-order chi connectivity index (χ1) is 16.5. The number of carbonyl (C=O) groups excluding carboxylic acids is 1. The van der Waals surface area contributed by atoms with Gasteiger partial charge in [0.25, 0.3) is 0 Å². The van der Waals surface area contributed by atoms with Crippen molar-refractivity contribution < 1.29 is 14.3 Å². The van der Waals surface area contributed by atoms with E-state index < -0.39 is 5.82 Å². The van der Waals surface area contributed by atoms with Crippen LogP contribution in [0.5, 0.6) is 5.75 Å². The van der Waals surface area contributed by atoms with Gasteiger partial charge in [0, 0.05) is 43.7 Å². The molecule has 2 fully saturated rings. The van der Waals surface area contributed by atoms with Gasteiger partial charge in [-0.2, -0.15) is 0 Å². The maximum Gasteiger partial charge on any atom is 0.169 e. The summed E-state index contributed by atoms with van der Waals surface area (Å²) in [5, 5.41) is 10.8. The first kappa shape index (κ1) is 22.8. The lowest BCUT2D eigenvalue weighted by Gasteiger charge is -2.37. The van der Waals surface area contributed by atoms with Crippen LogP contribution >= 0.6 is 0 Å². The molecular formula is C28H32FN3O2. The summed E-state index contributed by atoms with van der Waals surface area (Å²) in [7, 11) is 0. The standard InChI is InChI=1S/C28H32FN3O2/c1-3-9-31-10-12-32(13-11-31)26-22-15-20(21-14-18(2)27(33)24(29)16-21)7-8-25(22)30-17-23(26)28(34)19-5-4-6-19/h7-8,14-17,19,33H,3-6,9-13H2,1-2H3. The highest BCUT2D eigenvalue weighted by atomic mass is 19.1. The molecule has 0 atom stereocenters. The van der Waals surface area contributed by atoms with E-state index >= 15 is 0 Å². The Morgan fingerprint density at radius 2 is 1.88 bits per heavy atom. The molecule has 5 nitrogen and oxygen atoms in total. The number of aryl methyl sites for hydroxylation is 1. The lowest BCUT2D eigenvalue weighted by atomic mass is 9.79. The van der Waals surface area contributed by atoms with Crippen LogP contribution in [0.4, 0.5) is 10.1 Å². The Morgan fingerprint density at radius 3 is 2.53 bits per heavy atom. The van der Waals surface area contributed by atoms with E-state index in [1.165, 1.54) is 6.07 Å². The maximum absolute atomic E-state index is 14.3. The number of nitrogens with zero attached hydrogens (tertiary/aromatic N) is 3. The molecule has 0 bridgehead atoms. The number of halogens is 1. The zero-order valence-corrected chi connectivity index (χ0v) is 20.0. The van der Waals surface area contributed by atoms with Crippen molar-refractivity contribution in [3.05, 3.63) is 53.5 Å². The number of aromatic hydroxyl groups is 1. The number of pyridine rings is 1. The van der Waals surface area contributed by atoms with Gasteiger partial charge >= 0.3 is 0 Å². The Hall–Kier alpha value is -2.99. The quantitative estimate of drug-likeness (QED) is 0.487. The van der Waals surface area contributed by atoms with E-state index in [4.69, 9.17) is 0 Å². The number of phenols is 1. The lowest BCUT2D eigenvalue weighted by Crippen LogP contribution is -2.47. The van der Waals surface area contributed by atoms with Gasteiger partial charge in [-0.25, -0.2) is 4.39 Å². The van der Waals surface area contributed by atoms with E-state index in [0.717, 1.165) is 80.6 Å². The van der Waals surface area contributed by atoms with Gasteiger partial charge in [-0.3, -0.25) is 14.7 Å². The molecule has 1 aliphatic heterocycles. The van der Waals surface area contributed by atoms with Crippen LogP contribution in [-0.4, -0.2) is 53.5 Å². The third-order valence-electron chi connectivity index (χ3n) is 7.40. The summed E-state index contributed by atoms with van der Waals surface area (Å²) >= 11 is 0. The highest BCUT2D eigenvalue weighted by Gasteiger charge is 2.31. The number of hydrogen-bond acceptors (Lipinski definition) is 5. The fourth-order valence-electron chi connectivity index (χ4n) is 5.18. The summed E-state index contributed by atoms with van der Waals surface area (Å²) < 4.78 is 14.3. The first-order valence-electron chi connectivity index (χ1n) is 12.4. The topological polar surface area (TPSA) is 56.7 Å². The van der Waals surface area contributed by atoms with E-state index in [-0.39, 0.29) is 17.5 Å². The Labute approximate surface area is 200 Å². The maximum atomic E-state index is 14.3. The third-order valence-corrected chi connectivity index (χ3v) is 7.40. The Kier molecular flexibility index (Phi) is 6.26. The number of hydrogen-bond donors (Lipinski definition) is 1. The highest BCUT2D eigenvalue weighted by Crippen LogP contribution is 2.38. The number of aromatic nitrogens is 1. The number of fused-ring (bicyclic) bond motifs is 1. The van der Waals surface area contributed by atoms with Gasteiger partial charge in [0.2, 0.25) is 0 Å². The SMILES string of the molecule is CCCN1CCN(c2c(C(=O)C3CCC3)cnc3ccc(-c4cc(C)c(O)c(F)c4)cc23)CC1. The van der Waals surface area contributed by atoms with Crippen molar-refractivity contribution >= 4 is 22.4 Å². The molecule has 6 heteroatoms. The minimum absolute atomic E-state index is 0.0939. The van der Waals surface area contributed by atoms with Gasteiger partial charge in [0.05, 0.1) is 16.8 Å². The van der Waals surface area contributed by atoms with E-state index in [1.807, 2.05) is 18.2 Å². The number of rotatable bonds is 6. The largest absolute Gasteiger partial charge is 0.505 e. The molecule has 2 aromatic carbocycles. The Bertz CT molecular complexity index is 1210.